The monoisotopic (exact) mass is 199 g/mol. The van der Waals surface area contributed by atoms with Crippen molar-refractivity contribution in [1.82, 2.24) is 5.32 Å². The number of carbonyl (C=O) groups is 1. The summed E-state index contributed by atoms with van der Waals surface area (Å²) in [5.41, 5.74) is 0.869. The minimum Gasteiger partial charge on any atom is -0.466 e. The van der Waals surface area contributed by atoms with Gasteiger partial charge in [-0.2, -0.15) is 0 Å². The van der Waals surface area contributed by atoms with E-state index in [0.29, 0.717) is 0 Å². The fourth-order valence-corrected chi connectivity index (χ4v) is 1.12. The van der Waals surface area contributed by atoms with Gasteiger partial charge in [0.2, 0.25) is 0 Å². The molecule has 0 amide bonds. The molecule has 0 bridgehead atoms. The van der Waals surface area contributed by atoms with Crippen LogP contribution in [-0.2, 0) is 9.53 Å². The maximum Gasteiger partial charge on any atom is 0.332 e. The number of ether oxygens (including phenoxy) is 1. The van der Waals surface area contributed by atoms with Crippen molar-refractivity contribution in [3.8, 4) is 0 Å². The molecular formula is C11H21NO2. The van der Waals surface area contributed by atoms with Crippen LogP contribution in [0.2, 0.25) is 0 Å². The van der Waals surface area contributed by atoms with Crippen LogP contribution in [0.25, 0.3) is 0 Å². The Morgan fingerprint density at radius 1 is 1.36 bits per heavy atom. The number of hydrogen-bond acceptors (Lipinski definition) is 3. The number of rotatable bonds is 7. The molecule has 0 radical (unpaired) electrons. The maximum atomic E-state index is 10.8. The molecule has 14 heavy (non-hydrogen) atoms. The molecule has 0 saturated carbocycles. The minimum absolute atomic E-state index is 0.302. The van der Waals surface area contributed by atoms with Crippen LogP contribution in [0.15, 0.2) is 11.8 Å². The Balaban J connectivity index is 3.48. The Labute approximate surface area is 86.5 Å². The molecule has 0 atom stereocenters. The summed E-state index contributed by atoms with van der Waals surface area (Å²) in [6.45, 7) is 4.99. The van der Waals surface area contributed by atoms with E-state index in [1.54, 1.807) is 0 Å². The number of esters is 1. The topological polar surface area (TPSA) is 38.3 Å². The number of methoxy groups -OCH3 is 1. The highest BCUT2D eigenvalue weighted by Crippen LogP contribution is 1.98. The molecule has 0 aromatic rings. The summed E-state index contributed by atoms with van der Waals surface area (Å²) in [6, 6.07) is 0. The van der Waals surface area contributed by atoms with E-state index in [-0.39, 0.29) is 5.97 Å². The first-order chi connectivity index (χ1) is 6.70. The zero-order valence-electron chi connectivity index (χ0n) is 9.43. The number of carbonyl (C=O) groups excluding carboxylic acids is 1. The van der Waals surface area contributed by atoms with Crippen molar-refractivity contribution in [2.75, 3.05) is 13.7 Å². The second kappa shape index (κ2) is 8.60. The fraction of sp³-hybridized carbons (Fsp3) is 0.727. The van der Waals surface area contributed by atoms with Crippen LogP contribution in [0.5, 0.6) is 0 Å². The Kier molecular flexibility index (Phi) is 7.99. The quantitative estimate of drug-likeness (QED) is 0.388. The normalized spacial score (nSPS) is 11.2. The van der Waals surface area contributed by atoms with Gasteiger partial charge < -0.3 is 10.1 Å². The highest BCUT2D eigenvalue weighted by atomic mass is 16.5. The summed E-state index contributed by atoms with van der Waals surface area (Å²) >= 11 is 0. The first kappa shape index (κ1) is 13.0. The van der Waals surface area contributed by atoms with Gasteiger partial charge in [-0.05, 0) is 13.3 Å². The average Bonchev–Trinajstić information content (AvgIpc) is 2.17. The van der Waals surface area contributed by atoms with E-state index in [1.807, 2.05) is 6.92 Å². The van der Waals surface area contributed by atoms with Crippen LogP contribution in [0.3, 0.4) is 0 Å². The Morgan fingerprint density at radius 3 is 2.64 bits per heavy atom. The fourth-order valence-electron chi connectivity index (χ4n) is 1.12. The van der Waals surface area contributed by atoms with Gasteiger partial charge in [0.25, 0.3) is 0 Å². The molecule has 0 aliphatic carbocycles. The van der Waals surface area contributed by atoms with E-state index in [0.717, 1.165) is 18.7 Å². The standard InChI is InChI=1S/C11H21NO2/c1-4-5-6-7-8-12-10(2)9-11(13)14-3/h9,12H,4-8H2,1-3H3/b10-9+. The first-order valence-electron chi connectivity index (χ1n) is 5.20. The van der Waals surface area contributed by atoms with Gasteiger partial charge >= 0.3 is 5.97 Å². The second-order valence-electron chi connectivity index (χ2n) is 3.34. The van der Waals surface area contributed by atoms with E-state index in [1.165, 1.54) is 32.4 Å². The Morgan fingerprint density at radius 2 is 2.07 bits per heavy atom. The van der Waals surface area contributed by atoms with E-state index in [9.17, 15) is 4.79 Å². The zero-order chi connectivity index (χ0) is 10.8. The molecule has 0 aromatic heterocycles. The van der Waals surface area contributed by atoms with Gasteiger partial charge in [-0.3, -0.25) is 0 Å². The molecule has 0 fully saturated rings. The Hall–Kier alpha value is -0.990. The van der Waals surface area contributed by atoms with E-state index < -0.39 is 0 Å². The van der Waals surface area contributed by atoms with Crippen molar-refractivity contribution in [3.05, 3.63) is 11.8 Å². The van der Waals surface area contributed by atoms with Crippen LogP contribution < -0.4 is 5.32 Å². The van der Waals surface area contributed by atoms with Crippen molar-refractivity contribution in [2.45, 2.75) is 39.5 Å². The maximum absolute atomic E-state index is 10.8. The number of unbranched alkanes of at least 4 members (excludes halogenated alkanes) is 3. The van der Waals surface area contributed by atoms with Crippen molar-refractivity contribution < 1.29 is 9.53 Å². The number of allylic oxidation sites excluding steroid dienone is 1. The molecule has 82 valence electrons. The minimum atomic E-state index is -0.302. The lowest BCUT2D eigenvalue weighted by atomic mass is 10.2. The highest BCUT2D eigenvalue weighted by molar-refractivity contribution is 5.82. The molecule has 0 unspecified atom stereocenters. The van der Waals surface area contributed by atoms with Gasteiger partial charge in [0.15, 0.2) is 0 Å². The third kappa shape index (κ3) is 7.65. The molecule has 3 heteroatoms. The van der Waals surface area contributed by atoms with Crippen molar-refractivity contribution >= 4 is 5.97 Å². The molecule has 0 aliphatic heterocycles. The van der Waals surface area contributed by atoms with Crippen molar-refractivity contribution in [1.29, 1.82) is 0 Å². The molecule has 0 saturated heterocycles. The van der Waals surface area contributed by atoms with Gasteiger partial charge in [-0.1, -0.05) is 26.2 Å². The van der Waals surface area contributed by atoms with E-state index in [2.05, 4.69) is 17.0 Å². The summed E-state index contributed by atoms with van der Waals surface area (Å²) in [6.07, 6.45) is 6.40. The van der Waals surface area contributed by atoms with Crippen LogP contribution in [0.1, 0.15) is 39.5 Å². The van der Waals surface area contributed by atoms with Crippen LogP contribution in [0.4, 0.5) is 0 Å². The van der Waals surface area contributed by atoms with Gasteiger partial charge in [-0.15, -0.1) is 0 Å². The summed E-state index contributed by atoms with van der Waals surface area (Å²) in [7, 11) is 1.38. The lowest BCUT2D eigenvalue weighted by Gasteiger charge is -2.05. The van der Waals surface area contributed by atoms with Crippen LogP contribution >= 0.6 is 0 Å². The van der Waals surface area contributed by atoms with Gasteiger partial charge in [0.05, 0.1) is 7.11 Å². The highest BCUT2D eigenvalue weighted by Gasteiger charge is 1.95. The molecule has 0 rings (SSSR count). The van der Waals surface area contributed by atoms with Crippen LogP contribution in [-0.4, -0.2) is 19.6 Å². The molecule has 0 aromatic carbocycles. The molecule has 0 spiro atoms. The molecule has 3 nitrogen and oxygen atoms in total. The van der Waals surface area contributed by atoms with Crippen LogP contribution in [0, 0.1) is 0 Å². The lowest BCUT2D eigenvalue weighted by molar-refractivity contribution is -0.134. The molecular weight excluding hydrogens is 178 g/mol. The van der Waals surface area contributed by atoms with E-state index in [4.69, 9.17) is 0 Å². The zero-order valence-corrected chi connectivity index (χ0v) is 9.43. The second-order valence-corrected chi connectivity index (χ2v) is 3.34. The summed E-state index contributed by atoms with van der Waals surface area (Å²) in [5, 5.41) is 3.17. The SMILES string of the molecule is CCCCCCN/C(C)=C/C(=O)OC. The summed E-state index contributed by atoms with van der Waals surface area (Å²) in [4.78, 5) is 10.8. The lowest BCUT2D eigenvalue weighted by Crippen LogP contribution is -2.14. The number of hydrogen-bond donors (Lipinski definition) is 1. The van der Waals surface area contributed by atoms with E-state index >= 15 is 0 Å². The third-order valence-corrected chi connectivity index (χ3v) is 1.97. The molecule has 1 N–H and O–H groups in total. The largest absolute Gasteiger partial charge is 0.466 e. The molecule has 0 heterocycles. The van der Waals surface area contributed by atoms with Crippen molar-refractivity contribution in [3.63, 3.8) is 0 Å². The summed E-state index contributed by atoms with van der Waals surface area (Å²) < 4.78 is 4.51. The first-order valence-corrected chi connectivity index (χ1v) is 5.20. The number of nitrogens with one attached hydrogen (secondary N) is 1. The predicted molar refractivity (Wildman–Crippen MR) is 57.9 cm³/mol. The smallest absolute Gasteiger partial charge is 0.332 e. The van der Waals surface area contributed by atoms with Gasteiger partial charge in [-0.25, -0.2) is 4.79 Å². The van der Waals surface area contributed by atoms with Crippen molar-refractivity contribution in [2.24, 2.45) is 0 Å². The van der Waals surface area contributed by atoms with Gasteiger partial charge in [0, 0.05) is 18.3 Å². The third-order valence-electron chi connectivity index (χ3n) is 1.97. The molecule has 0 aliphatic rings. The summed E-state index contributed by atoms with van der Waals surface area (Å²) in [5.74, 6) is -0.302. The average molecular weight is 199 g/mol. The Bertz CT molecular complexity index is 188. The van der Waals surface area contributed by atoms with Gasteiger partial charge in [0.1, 0.15) is 0 Å². The predicted octanol–water partition coefficient (Wildman–Crippen LogP) is 2.23.